The lowest BCUT2D eigenvalue weighted by atomic mass is 10.1. The van der Waals surface area contributed by atoms with Gasteiger partial charge in [-0.1, -0.05) is 86.8 Å². The van der Waals surface area contributed by atoms with Crippen LogP contribution in [0, 0.1) is 0 Å². The van der Waals surface area contributed by atoms with Crippen molar-refractivity contribution in [2.45, 2.75) is 39.5 Å². The van der Waals surface area contributed by atoms with Crippen molar-refractivity contribution >= 4 is 91.6 Å². The highest BCUT2D eigenvalue weighted by atomic mass is 32.2. The molecule has 4 amide bonds. The fraction of sp³-hybridized carbons (Fsp3) is 0.286. The number of rotatable bonds is 10. The number of hydrogen-bond acceptors (Lipinski definition) is 8. The standard InChI is InChI=1S/C28H28N4O4S4/c1-3-5-13-29-23(33)17-9-7-11-19(15-17)31-25(35)21(39-27(31)37)22-26(36)32(28(38)40-22)20-12-8-10-18(16-20)24(34)30-14-6-4-2/h7-12,15-16H,3-6,13-14H2,1-2H3,(H,29,33)(H,30,34)/b22-21+. The van der Waals surface area contributed by atoms with E-state index in [2.05, 4.69) is 10.6 Å². The molecule has 2 aliphatic rings. The molecule has 2 saturated heterocycles. The Hall–Kier alpha value is -3.06. The number of nitrogens with zero attached hydrogens (tertiary/aromatic N) is 2. The van der Waals surface area contributed by atoms with E-state index >= 15 is 0 Å². The molecule has 8 nitrogen and oxygen atoms in total. The van der Waals surface area contributed by atoms with Crippen LogP contribution in [-0.4, -0.2) is 45.4 Å². The number of unbranched alkanes of at least 4 members (excludes halogenated alkanes) is 2. The van der Waals surface area contributed by atoms with E-state index in [1.807, 2.05) is 13.8 Å². The molecule has 2 N–H and O–H groups in total. The molecule has 0 bridgehead atoms. The number of thioether (sulfide) groups is 2. The second kappa shape index (κ2) is 13.5. The number of carbonyl (C=O) groups excluding carboxylic acids is 4. The Balaban J connectivity index is 1.56. The normalized spacial score (nSPS) is 17.1. The van der Waals surface area contributed by atoms with Crippen molar-refractivity contribution in [3.05, 3.63) is 69.5 Å². The molecule has 2 heterocycles. The molecule has 12 heteroatoms. The fourth-order valence-corrected chi connectivity index (χ4v) is 6.74. The molecule has 4 rings (SSSR count). The van der Waals surface area contributed by atoms with Gasteiger partial charge in [-0.25, -0.2) is 0 Å². The number of hydrogen-bond donors (Lipinski definition) is 2. The average molecular weight is 613 g/mol. The second-order valence-corrected chi connectivity index (χ2v) is 12.3. The largest absolute Gasteiger partial charge is 0.352 e. The minimum absolute atomic E-state index is 0.177. The van der Waals surface area contributed by atoms with E-state index < -0.39 is 11.8 Å². The molecule has 0 saturated carbocycles. The smallest absolute Gasteiger partial charge is 0.272 e. The zero-order valence-corrected chi connectivity index (χ0v) is 25.3. The summed E-state index contributed by atoms with van der Waals surface area (Å²) in [5, 5.41) is 5.73. The van der Waals surface area contributed by atoms with Crippen LogP contribution in [0.15, 0.2) is 58.3 Å². The molecule has 40 heavy (non-hydrogen) atoms. The van der Waals surface area contributed by atoms with Gasteiger partial charge in [0.05, 0.1) is 21.2 Å². The van der Waals surface area contributed by atoms with E-state index in [0.29, 0.717) is 35.6 Å². The lowest BCUT2D eigenvalue weighted by Crippen LogP contribution is -2.30. The molecule has 0 radical (unpaired) electrons. The lowest BCUT2D eigenvalue weighted by Gasteiger charge is -2.16. The number of benzene rings is 2. The first-order valence-electron chi connectivity index (χ1n) is 12.9. The molecule has 2 aromatic rings. The zero-order chi connectivity index (χ0) is 28.8. The highest BCUT2D eigenvalue weighted by Crippen LogP contribution is 2.44. The van der Waals surface area contributed by atoms with Gasteiger partial charge in [0.1, 0.15) is 0 Å². The highest BCUT2D eigenvalue weighted by molar-refractivity contribution is 8.30. The van der Waals surface area contributed by atoms with Gasteiger partial charge in [0, 0.05) is 24.2 Å². The molecule has 208 valence electrons. The van der Waals surface area contributed by atoms with E-state index in [1.54, 1.807) is 48.5 Å². The molecule has 0 atom stereocenters. The van der Waals surface area contributed by atoms with Gasteiger partial charge in [-0.15, -0.1) is 0 Å². The summed E-state index contributed by atoms with van der Waals surface area (Å²) in [7, 11) is 0. The summed E-state index contributed by atoms with van der Waals surface area (Å²) in [4.78, 5) is 55.2. The van der Waals surface area contributed by atoms with E-state index in [1.165, 1.54) is 9.80 Å². The third-order valence-electron chi connectivity index (χ3n) is 6.11. The maximum atomic E-state index is 13.5. The Morgan fingerprint density at radius 2 is 1.12 bits per heavy atom. The first-order valence-corrected chi connectivity index (χ1v) is 15.3. The van der Waals surface area contributed by atoms with Gasteiger partial charge in [0.15, 0.2) is 8.64 Å². The van der Waals surface area contributed by atoms with Crippen molar-refractivity contribution in [2.75, 3.05) is 22.9 Å². The maximum Gasteiger partial charge on any atom is 0.272 e. The molecule has 0 aliphatic carbocycles. The third-order valence-corrected chi connectivity index (χ3v) is 8.98. The maximum absolute atomic E-state index is 13.5. The Kier molecular flexibility index (Phi) is 10.1. The van der Waals surface area contributed by atoms with Crippen LogP contribution in [0.3, 0.4) is 0 Å². The van der Waals surface area contributed by atoms with Crippen LogP contribution < -0.4 is 20.4 Å². The Morgan fingerprint density at radius 3 is 1.50 bits per heavy atom. The summed E-state index contributed by atoms with van der Waals surface area (Å²) >= 11 is 13.1. The summed E-state index contributed by atoms with van der Waals surface area (Å²) in [6.07, 6.45) is 3.66. The third kappa shape index (κ3) is 6.46. The van der Waals surface area contributed by atoms with Crippen LogP contribution >= 0.6 is 48.0 Å². The number of carbonyl (C=O) groups is 4. The van der Waals surface area contributed by atoms with Gasteiger partial charge < -0.3 is 10.6 Å². The molecule has 2 aromatic carbocycles. The van der Waals surface area contributed by atoms with Crippen molar-refractivity contribution in [1.82, 2.24) is 10.6 Å². The van der Waals surface area contributed by atoms with Crippen LogP contribution in [0.25, 0.3) is 0 Å². The Bertz CT molecular complexity index is 1320. The van der Waals surface area contributed by atoms with Crippen LogP contribution in [0.5, 0.6) is 0 Å². The summed E-state index contributed by atoms with van der Waals surface area (Å²) < 4.78 is 0.499. The fourth-order valence-electron chi connectivity index (χ4n) is 3.99. The number of amides is 4. The van der Waals surface area contributed by atoms with Crippen LogP contribution in [0.1, 0.15) is 60.2 Å². The first kappa shape index (κ1) is 29.9. The number of thiocarbonyl (C=S) groups is 2. The van der Waals surface area contributed by atoms with E-state index in [-0.39, 0.29) is 30.3 Å². The van der Waals surface area contributed by atoms with Crippen molar-refractivity contribution < 1.29 is 19.2 Å². The van der Waals surface area contributed by atoms with Gasteiger partial charge in [-0.2, -0.15) is 0 Å². The van der Waals surface area contributed by atoms with Gasteiger partial charge in [0.2, 0.25) is 0 Å². The molecule has 2 aliphatic heterocycles. The molecule has 0 aromatic heterocycles. The van der Waals surface area contributed by atoms with Gasteiger partial charge in [-0.05, 0) is 49.2 Å². The Morgan fingerprint density at radius 1 is 0.725 bits per heavy atom. The van der Waals surface area contributed by atoms with Gasteiger partial charge in [-0.3, -0.25) is 29.0 Å². The monoisotopic (exact) mass is 612 g/mol. The minimum Gasteiger partial charge on any atom is -0.352 e. The summed E-state index contributed by atoms with van der Waals surface area (Å²) in [6.45, 7) is 5.21. The first-order chi connectivity index (χ1) is 19.3. The highest BCUT2D eigenvalue weighted by Gasteiger charge is 2.43. The quantitative estimate of drug-likeness (QED) is 0.210. The van der Waals surface area contributed by atoms with Crippen molar-refractivity contribution in [3.8, 4) is 0 Å². The Labute approximate surface area is 252 Å². The zero-order valence-electron chi connectivity index (χ0n) is 22.0. The summed E-state index contributed by atoms with van der Waals surface area (Å²) in [5.74, 6) is -1.38. The average Bonchev–Trinajstić information content (AvgIpc) is 3.41. The summed E-state index contributed by atoms with van der Waals surface area (Å²) in [6, 6.07) is 13.3. The van der Waals surface area contributed by atoms with E-state index in [0.717, 1.165) is 49.2 Å². The number of anilines is 2. The van der Waals surface area contributed by atoms with Crippen LogP contribution in [-0.2, 0) is 9.59 Å². The van der Waals surface area contributed by atoms with Crippen LogP contribution in [0.4, 0.5) is 11.4 Å². The molecular weight excluding hydrogens is 585 g/mol. The molecule has 0 unspecified atom stereocenters. The van der Waals surface area contributed by atoms with E-state index in [9.17, 15) is 19.2 Å². The SMILES string of the molecule is CCCCNC(=O)c1cccc(N2C(=O)/C(=C3\SC(=S)N(c4cccc(C(=O)NCCCC)c4)C3=O)SC2=S)c1. The summed E-state index contributed by atoms with van der Waals surface area (Å²) in [5.41, 5.74) is 1.70. The predicted octanol–water partition coefficient (Wildman–Crippen LogP) is 5.39. The van der Waals surface area contributed by atoms with Crippen LogP contribution in [0.2, 0.25) is 0 Å². The minimum atomic E-state index is -0.455. The second-order valence-electron chi connectivity index (χ2n) is 8.99. The number of nitrogens with one attached hydrogen (secondary N) is 2. The van der Waals surface area contributed by atoms with Crippen molar-refractivity contribution in [2.24, 2.45) is 0 Å². The lowest BCUT2D eigenvalue weighted by molar-refractivity contribution is -0.115. The topological polar surface area (TPSA) is 98.8 Å². The van der Waals surface area contributed by atoms with Gasteiger partial charge >= 0.3 is 0 Å². The predicted molar refractivity (Wildman–Crippen MR) is 170 cm³/mol. The molecular formula is C28H28N4O4S4. The van der Waals surface area contributed by atoms with Crippen molar-refractivity contribution in [1.29, 1.82) is 0 Å². The molecule has 2 fully saturated rings. The van der Waals surface area contributed by atoms with E-state index in [4.69, 9.17) is 24.4 Å². The van der Waals surface area contributed by atoms with Crippen molar-refractivity contribution in [3.63, 3.8) is 0 Å². The molecule has 0 spiro atoms. The van der Waals surface area contributed by atoms with Gasteiger partial charge in [0.25, 0.3) is 23.6 Å².